The van der Waals surface area contributed by atoms with Crippen LogP contribution in [0.5, 0.6) is 0 Å². The Morgan fingerprint density at radius 3 is 2.10 bits per heavy atom. The predicted octanol–water partition coefficient (Wildman–Crippen LogP) is 8.73. The summed E-state index contributed by atoms with van der Waals surface area (Å²) < 4.78 is 5.79. The van der Waals surface area contributed by atoms with Gasteiger partial charge in [-0.3, -0.25) is 0 Å². The van der Waals surface area contributed by atoms with Crippen molar-refractivity contribution in [3.63, 3.8) is 0 Å². The molecule has 1 saturated carbocycles. The average molecular weight is 421 g/mol. The summed E-state index contributed by atoms with van der Waals surface area (Å²) in [5.74, 6) is 0.757. The lowest BCUT2D eigenvalue weighted by Gasteiger charge is -2.27. The fourth-order valence-electron chi connectivity index (χ4n) is 4.56. The van der Waals surface area contributed by atoms with Crippen molar-refractivity contribution in [2.24, 2.45) is 5.92 Å². The van der Waals surface area contributed by atoms with E-state index in [1.54, 1.807) is 11.3 Å². The first-order valence-electron chi connectivity index (χ1n) is 12.5. The molecule has 0 amide bonds. The van der Waals surface area contributed by atoms with Gasteiger partial charge < -0.3 is 4.74 Å². The van der Waals surface area contributed by atoms with Gasteiger partial charge >= 0.3 is 5.97 Å². The predicted molar refractivity (Wildman–Crippen MR) is 126 cm³/mol. The normalized spacial score (nSPS) is 19.4. The number of aryl methyl sites for hydroxylation is 1. The highest BCUT2D eigenvalue weighted by Crippen LogP contribution is 2.30. The highest BCUT2D eigenvalue weighted by Gasteiger charge is 2.24. The van der Waals surface area contributed by atoms with Gasteiger partial charge in [-0.2, -0.15) is 0 Å². The van der Waals surface area contributed by atoms with Gasteiger partial charge in [0.1, 0.15) is 11.0 Å². The van der Waals surface area contributed by atoms with Crippen molar-refractivity contribution >= 4 is 17.3 Å². The van der Waals surface area contributed by atoms with Gasteiger partial charge in [0.2, 0.25) is 0 Å². The summed E-state index contributed by atoms with van der Waals surface area (Å²) in [6.07, 6.45) is 22.1. The molecular formula is C26H44O2S. The van der Waals surface area contributed by atoms with E-state index in [-0.39, 0.29) is 12.1 Å². The van der Waals surface area contributed by atoms with Crippen LogP contribution in [-0.4, -0.2) is 12.1 Å². The van der Waals surface area contributed by atoms with Crippen LogP contribution in [0.2, 0.25) is 0 Å². The summed E-state index contributed by atoms with van der Waals surface area (Å²) in [5, 5.41) is 0. The third kappa shape index (κ3) is 10.2. The quantitative estimate of drug-likeness (QED) is 0.209. The van der Waals surface area contributed by atoms with Crippen LogP contribution in [0.3, 0.4) is 0 Å². The van der Waals surface area contributed by atoms with Crippen molar-refractivity contribution < 1.29 is 9.53 Å². The second-order valence-corrected chi connectivity index (χ2v) is 10.2. The molecule has 0 aromatic carbocycles. The van der Waals surface area contributed by atoms with E-state index in [2.05, 4.69) is 19.9 Å². The lowest BCUT2D eigenvalue weighted by atomic mass is 9.85. The molecule has 0 bridgehead atoms. The highest BCUT2D eigenvalue weighted by molar-refractivity contribution is 7.13. The molecule has 0 N–H and O–H groups in total. The Hall–Kier alpha value is -0.830. The number of hydrogen-bond acceptors (Lipinski definition) is 3. The molecule has 1 aromatic rings. The molecule has 29 heavy (non-hydrogen) atoms. The summed E-state index contributed by atoms with van der Waals surface area (Å²) in [6.45, 7) is 4.54. The molecule has 3 heteroatoms. The molecule has 2 rings (SSSR count). The maximum Gasteiger partial charge on any atom is 0.348 e. The van der Waals surface area contributed by atoms with Crippen molar-refractivity contribution in [2.45, 2.75) is 129 Å². The summed E-state index contributed by atoms with van der Waals surface area (Å²) in [6, 6.07) is 4.11. The average Bonchev–Trinajstić information content (AvgIpc) is 3.20. The van der Waals surface area contributed by atoms with Crippen LogP contribution >= 0.6 is 11.3 Å². The Bertz CT molecular complexity index is 543. The minimum absolute atomic E-state index is 0.0942. The van der Waals surface area contributed by atoms with Crippen LogP contribution in [0.25, 0.3) is 0 Å². The summed E-state index contributed by atoms with van der Waals surface area (Å²) in [4.78, 5) is 14.6. The number of ether oxygens (including phenoxy) is 1. The number of carbonyl (C=O) groups excluding carboxylic acids is 1. The monoisotopic (exact) mass is 420 g/mol. The lowest BCUT2D eigenvalue weighted by Crippen LogP contribution is -2.24. The van der Waals surface area contributed by atoms with Crippen molar-refractivity contribution in [1.82, 2.24) is 0 Å². The summed E-state index contributed by atoms with van der Waals surface area (Å²) >= 11 is 1.64. The molecule has 0 unspecified atom stereocenters. The van der Waals surface area contributed by atoms with E-state index in [4.69, 9.17) is 4.74 Å². The third-order valence-corrected chi connectivity index (χ3v) is 7.53. The number of rotatable bonds is 15. The van der Waals surface area contributed by atoms with E-state index >= 15 is 0 Å². The van der Waals surface area contributed by atoms with Crippen LogP contribution in [-0.2, 0) is 11.2 Å². The Kier molecular flexibility index (Phi) is 12.7. The smallest absolute Gasteiger partial charge is 0.348 e. The zero-order valence-corrected chi connectivity index (χ0v) is 19.9. The second kappa shape index (κ2) is 15.0. The van der Waals surface area contributed by atoms with Crippen LogP contribution in [0.1, 0.15) is 131 Å². The van der Waals surface area contributed by atoms with E-state index in [1.165, 1.54) is 94.8 Å². The van der Waals surface area contributed by atoms with Crippen molar-refractivity contribution in [2.75, 3.05) is 0 Å². The van der Waals surface area contributed by atoms with E-state index in [9.17, 15) is 4.79 Å². The van der Waals surface area contributed by atoms with Gasteiger partial charge in [-0.05, 0) is 56.6 Å². The van der Waals surface area contributed by atoms with Gasteiger partial charge in [0, 0.05) is 4.88 Å². The van der Waals surface area contributed by atoms with Crippen LogP contribution in [0, 0.1) is 5.92 Å². The van der Waals surface area contributed by atoms with Crippen molar-refractivity contribution in [3.8, 4) is 0 Å². The number of thiophene rings is 1. The van der Waals surface area contributed by atoms with E-state index in [1.807, 2.05) is 6.07 Å². The van der Waals surface area contributed by atoms with E-state index < -0.39 is 0 Å². The molecule has 1 fully saturated rings. The molecule has 0 atom stereocenters. The van der Waals surface area contributed by atoms with Crippen LogP contribution in [0.4, 0.5) is 0 Å². The first kappa shape index (κ1) is 24.4. The molecule has 0 aliphatic heterocycles. The fraction of sp³-hybridized carbons (Fsp3) is 0.808. The number of unbranched alkanes of at least 4 members (excludes halogenated alkanes) is 9. The maximum atomic E-state index is 12.5. The first-order valence-corrected chi connectivity index (χ1v) is 13.3. The second-order valence-electron chi connectivity index (χ2n) is 9.03. The minimum Gasteiger partial charge on any atom is -0.458 e. The van der Waals surface area contributed by atoms with Crippen LogP contribution in [0.15, 0.2) is 12.1 Å². The van der Waals surface area contributed by atoms with Crippen molar-refractivity contribution in [1.29, 1.82) is 0 Å². The summed E-state index contributed by atoms with van der Waals surface area (Å²) in [7, 11) is 0. The fourth-order valence-corrected chi connectivity index (χ4v) is 5.50. The molecule has 1 aliphatic rings. The van der Waals surface area contributed by atoms with Gasteiger partial charge in [-0.1, -0.05) is 84.5 Å². The van der Waals surface area contributed by atoms with E-state index in [0.717, 1.165) is 30.1 Å². The molecule has 1 aliphatic carbocycles. The van der Waals surface area contributed by atoms with Gasteiger partial charge in [-0.15, -0.1) is 11.3 Å². The molecule has 0 spiro atoms. The first-order chi connectivity index (χ1) is 14.2. The highest BCUT2D eigenvalue weighted by atomic mass is 32.1. The van der Waals surface area contributed by atoms with E-state index in [0.29, 0.717) is 0 Å². The Balaban J connectivity index is 1.54. The molecule has 1 aromatic heterocycles. The molecule has 1 heterocycles. The number of carbonyl (C=O) groups is 1. The van der Waals surface area contributed by atoms with Gasteiger partial charge in [0.25, 0.3) is 0 Å². The molecule has 0 radical (unpaired) electrons. The summed E-state index contributed by atoms with van der Waals surface area (Å²) in [5.41, 5.74) is 0. The molecule has 166 valence electrons. The van der Waals surface area contributed by atoms with Crippen LogP contribution < -0.4 is 0 Å². The molecule has 2 nitrogen and oxygen atoms in total. The largest absolute Gasteiger partial charge is 0.458 e. The Morgan fingerprint density at radius 2 is 1.48 bits per heavy atom. The molecular weight excluding hydrogens is 376 g/mol. The van der Waals surface area contributed by atoms with Crippen molar-refractivity contribution in [3.05, 3.63) is 21.9 Å². The van der Waals surface area contributed by atoms with Gasteiger partial charge in [0.15, 0.2) is 0 Å². The SMILES string of the molecule is CCCCCCCCCCCCc1ccc(C(=O)OC2CCC(CCC)CC2)s1. The number of esters is 1. The zero-order chi connectivity index (χ0) is 20.7. The van der Waals surface area contributed by atoms with Gasteiger partial charge in [0.05, 0.1) is 0 Å². The van der Waals surface area contributed by atoms with Gasteiger partial charge in [-0.25, -0.2) is 4.79 Å². The third-order valence-electron chi connectivity index (χ3n) is 6.40. The molecule has 0 saturated heterocycles. The zero-order valence-electron chi connectivity index (χ0n) is 19.1. The number of hydrogen-bond donors (Lipinski definition) is 0. The standard InChI is InChI=1S/C26H44O2S/c1-3-5-6-7-8-9-10-11-12-13-15-24-20-21-25(29-24)26(27)28-23-18-16-22(14-4-2)17-19-23/h20-23H,3-19H2,1-2H3. The Morgan fingerprint density at radius 1 is 0.862 bits per heavy atom. The Labute approximate surface area is 183 Å². The topological polar surface area (TPSA) is 26.3 Å². The lowest BCUT2D eigenvalue weighted by molar-refractivity contribution is 0.0167. The minimum atomic E-state index is -0.0942. The maximum absolute atomic E-state index is 12.5.